The SMILES string of the molecule is COC(=O)[C@@]12CCC(=O)N[C@]1(c1cccs1)c1ccccc1C2. The Morgan fingerprint density at radius 3 is 2.83 bits per heavy atom. The lowest BCUT2D eigenvalue weighted by molar-refractivity contribution is -0.161. The van der Waals surface area contributed by atoms with E-state index in [0.29, 0.717) is 19.3 Å². The van der Waals surface area contributed by atoms with Crippen LogP contribution in [-0.2, 0) is 26.3 Å². The predicted molar refractivity (Wildman–Crippen MR) is 87.1 cm³/mol. The standard InChI is InChI=1S/C18H17NO3S/c1-22-16(21)17-9-8-15(20)19-18(17,14-7-4-10-23-14)13-6-3-2-5-12(13)11-17/h2-7,10H,8-9,11H2,1H3,(H,19,20)/t17-,18-/m0/s1. The molecular weight excluding hydrogens is 310 g/mol. The van der Waals surface area contributed by atoms with E-state index in [1.54, 1.807) is 11.3 Å². The fourth-order valence-electron chi connectivity index (χ4n) is 4.26. The van der Waals surface area contributed by atoms with Crippen LogP contribution >= 0.6 is 11.3 Å². The van der Waals surface area contributed by atoms with Crippen LogP contribution in [0, 0.1) is 5.41 Å². The molecule has 1 aromatic heterocycles. The Morgan fingerprint density at radius 2 is 2.09 bits per heavy atom. The van der Waals surface area contributed by atoms with Crippen LogP contribution < -0.4 is 5.32 Å². The number of thiophene rings is 1. The molecular formula is C18H17NO3S. The summed E-state index contributed by atoms with van der Waals surface area (Å²) in [7, 11) is 1.43. The Kier molecular flexibility index (Phi) is 3.10. The number of benzene rings is 1. The second-order valence-corrected chi connectivity index (χ2v) is 7.13. The molecule has 2 heterocycles. The summed E-state index contributed by atoms with van der Waals surface area (Å²) in [5.74, 6) is -0.267. The molecule has 0 radical (unpaired) electrons. The lowest BCUT2D eigenvalue weighted by Crippen LogP contribution is -2.62. The van der Waals surface area contributed by atoms with Crippen LogP contribution in [0.4, 0.5) is 0 Å². The van der Waals surface area contributed by atoms with Crippen molar-refractivity contribution in [3.05, 3.63) is 57.8 Å². The summed E-state index contributed by atoms with van der Waals surface area (Å²) < 4.78 is 5.20. The maximum atomic E-state index is 12.9. The van der Waals surface area contributed by atoms with Gasteiger partial charge in [0.15, 0.2) is 0 Å². The molecule has 5 heteroatoms. The minimum atomic E-state index is -0.819. The summed E-state index contributed by atoms with van der Waals surface area (Å²) in [5.41, 5.74) is 0.527. The third kappa shape index (κ3) is 1.71. The Hall–Kier alpha value is -2.14. The van der Waals surface area contributed by atoms with E-state index in [4.69, 9.17) is 4.74 Å². The van der Waals surface area contributed by atoms with Crippen LogP contribution in [-0.4, -0.2) is 19.0 Å². The van der Waals surface area contributed by atoms with Crippen LogP contribution in [0.1, 0.15) is 28.8 Å². The van der Waals surface area contributed by atoms with Gasteiger partial charge in [-0.15, -0.1) is 11.3 Å². The Balaban J connectivity index is 2.05. The molecule has 1 saturated heterocycles. The van der Waals surface area contributed by atoms with Gasteiger partial charge in [0.1, 0.15) is 11.0 Å². The first-order valence-corrected chi connectivity index (χ1v) is 8.54. The molecule has 4 nitrogen and oxygen atoms in total. The number of nitrogens with one attached hydrogen (secondary N) is 1. The molecule has 2 aromatic rings. The van der Waals surface area contributed by atoms with E-state index < -0.39 is 11.0 Å². The highest BCUT2D eigenvalue weighted by Crippen LogP contribution is 2.59. The maximum Gasteiger partial charge on any atom is 0.315 e. The fraction of sp³-hybridized carbons (Fsp3) is 0.333. The van der Waals surface area contributed by atoms with E-state index in [9.17, 15) is 9.59 Å². The number of carbonyl (C=O) groups excluding carboxylic acids is 2. The molecule has 0 unspecified atom stereocenters. The van der Waals surface area contributed by atoms with Crippen LogP contribution in [0.15, 0.2) is 41.8 Å². The zero-order valence-electron chi connectivity index (χ0n) is 12.8. The maximum absolute atomic E-state index is 12.9. The van der Waals surface area contributed by atoms with E-state index in [-0.39, 0.29) is 11.9 Å². The molecule has 1 amide bonds. The average Bonchev–Trinajstić information content (AvgIpc) is 3.19. The highest BCUT2D eigenvalue weighted by Gasteiger charge is 2.66. The molecule has 0 bridgehead atoms. The van der Waals surface area contributed by atoms with Gasteiger partial charge in [-0.3, -0.25) is 9.59 Å². The topological polar surface area (TPSA) is 55.4 Å². The van der Waals surface area contributed by atoms with Gasteiger partial charge in [0, 0.05) is 11.3 Å². The normalized spacial score (nSPS) is 28.7. The molecule has 1 aliphatic heterocycles. The van der Waals surface area contributed by atoms with E-state index >= 15 is 0 Å². The van der Waals surface area contributed by atoms with Gasteiger partial charge in [-0.2, -0.15) is 0 Å². The monoisotopic (exact) mass is 327 g/mol. The lowest BCUT2D eigenvalue weighted by Gasteiger charge is -2.47. The molecule has 0 spiro atoms. The van der Waals surface area contributed by atoms with Crippen molar-refractivity contribution in [1.29, 1.82) is 0 Å². The summed E-state index contributed by atoms with van der Waals surface area (Å²) in [6.07, 6.45) is 1.43. The fourth-order valence-corrected chi connectivity index (χ4v) is 5.26. The molecule has 1 aliphatic carbocycles. The summed E-state index contributed by atoms with van der Waals surface area (Å²) in [5, 5.41) is 5.16. The third-order valence-corrected chi connectivity index (χ3v) is 6.19. The zero-order valence-corrected chi connectivity index (χ0v) is 13.6. The Labute approximate surface area is 138 Å². The first kappa shape index (κ1) is 14.5. The van der Waals surface area contributed by atoms with Crippen molar-refractivity contribution in [2.45, 2.75) is 24.8 Å². The number of rotatable bonds is 2. The summed E-state index contributed by atoms with van der Waals surface area (Å²) in [6.45, 7) is 0. The smallest absolute Gasteiger partial charge is 0.315 e. The van der Waals surface area contributed by atoms with E-state index in [1.807, 2.05) is 41.8 Å². The highest BCUT2D eigenvalue weighted by atomic mass is 32.1. The molecule has 2 aliphatic rings. The van der Waals surface area contributed by atoms with Gasteiger partial charge >= 0.3 is 5.97 Å². The number of piperidine rings is 1. The van der Waals surface area contributed by atoms with Crippen molar-refractivity contribution >= 4 is 23.2 Å². The van der Waals surface area contributed by atoms with E-state index in [2.05, 4.69) is 5.32 Å². The van der Waals surface area contributed by atoms with E-state index in [1.165, 1.54) is 7.11 Å². The molecule has 1 aromatic carbocycles. The van der Waals surface area contributed by atoms with Crippen molar-refractivity contribution in [1.82, 2.24) is 5.32 Å². The van der Waals surface area contributed by atoms with Crippen molar-refractivity contribution in [3.63, 3.8) is 0 Å². The first-order chi connectivity index (χ1) is 11.1. The minimum Gasteiger partial charge on any atom is -0.468 e. The third-order valence-electron chi connectivity index (χ3n) is 5.20. The van der Waals surface area contributed by atoms with Crippen LogP contribution in [0.2, 0.25) is 0 Å². The van der Waals surface area contributed by atoms with Crippen LogP contribution in [0.5, 0.6) is 0 Å². The van der Waals surface area contributed by atoms with Gasteiger partial charge in [0.25, 0.3) is 0 Å². The van der Waals surface area contributed by atoms with Crippen molar-refractivity contribution in [3.8, 4) is 0 Å². The average molecular weight is 327 g/mol. The van der Waals surface area contributed by atoms with Gasteiger partial charge < -0.3 is 10.1 Å². The number of esters is 1. The van der Waals surface area contributed by atoms with Gasteiger partial charge in [-0.25, -0.2) is 0 Å². The van der Waals surface area contributed by atoms with E-state index in [0.717, 1.165) is 16.0 Å². The summed E-state index contributed by atoms with van der Waals surface area (Å²) >= 11 is 1.57. The number of carbonyl (C=O) groups is 2. The molecule has 2 atom stereocenters. The van der Waals surface area contributed by atoms with Crippen molar-refractivity contribution in [2.75, 3.05) is 7.11 Å². The van der Waals surface area contributed by atoms with Gasteiger partial charge in [-0.1, -0.05) is 30.3 Å². The zero-order chi connectivity index (χ0) is 16.1. The van der Waals surface area contributed by atoms with Crippen molar-refractivity contribution < 1.29 is 14.3 Å². The minimum absolute atomic E-state index is 0.0189. The number of hydrogen-bond acceptors (Lipinski definition) is 4. The lowest BCUT2D eigenvalue weighted by atomic mass is 9.64. The van der Waals surface area contributed by atoms with Gasteiger partial charge in [0.2, 0.25) is 5.91 Å². The number of methoxy groups -OCH3 is 1. The van der Waals surface area contributed by atoms with Crippen molar-refractivity contribution in [2.24, 2.45) is 5.41 Å². The number of amides is 1. The summed E-state index contributed by atoms with van der Waals surface area (Å²) in [4.78, 5) is 26.2. The quantitative estimate of drug-likeness (QED) is 0.863. The summed E-state index contributed by atoms with van der Waals surface area (Å²) in [6, 6.07) is 12.0. The molecule has 0 saturated carbocycles. The molecule has 118 valence electrons. The molecule has 1 fully saturated rings. The number of hydrogen-bond donors (Lipinski definition) is 1. The van der Waals surface area contributed by atoms with Crippen LogP contribution in [0.3, 0.4) is 0 Å². The highest BCUT2D eigenvalue weighted by molar-refractivity contribution is 7.10. The molecule has 4 rings (SSSR count). The first-order valence-electron chi connectivity index (χ1n) is 7.66. The molecule has 23 heavy (non-hydrogen) atoms. The Bertz CT molecular complexity index is 785. The predicted octanol–water partition coefficient (Wildman–Crippen LogP) is 2.62. The molecule has 1 N–H and O–H groups in total. The second kappa shape index (κ2) is 4.93. The van der Waals surface area contributed by atoms with Gasteiger partial charge in [-0.05, 0) is 35.4 Å². The second-order valence-electron chi connectivity index (χ2n) is 6.18. The van der Waals surface area contributed by atoms with Gasteiger partial charge in [0.05, 0.1) is 7.11 Å². The Morgan fingerprint density at radius 1 is 1.26 bits per heavy atom. The van der Waals surface area contributed by atoms with Crippen LogP contribution in [0.25, 0.3) is 0 Å². The number of fused-ring (bicyclic) bond motifs is 3. The number of ether oxygens (including phenoxy) is 1. The largest absolute Gasteiger partial charge is 0.468 e.